The Labute approximate surface area is 204 Å². The Hall–Kier alpha value is -2.19. The maximum atomic E-state index is 13.8. The average Bonchev–Trinajstić information content (AvgIpc) is 2.83. The average molecular weight is 509 g/mol. The van der Waals surface area contributed by atoms with Crippen molar-refractivity contribution in [3.8, 4) is 0 Å². The van der Waals surface area contributed by atoms with Gasteiger partial charge in [-0.15, -0.1) is 0 Å². The summed E-state index contributed by atoms with van der Waals surface area (Å²) in [5, 5.41) is 0. The molecule has 1 rings (SSSR count). The van der Waals surface area contributed by atoms with Crippen LogP contribution in [-0.4, -0.2) is 18.5 Å². The van der Waals surface area contributed by atoms with Gasteiger partial charge in [0.05, 0.1) is 25.0 Å². The van der Waals surface area contributed by atoms with Gasteiger partial charge in [-0.3, -0.25) is 9.59 Å². The van der Waals surface area contributed by atoms with Crippen LogP contribution < -0.4 is 0 Å². The molecule has 1 aromatic rings. The zero-order valence-electron chi connectivity index (χ0n) is 20.7. The number of benzene rings is 1. The largest absolute Gasteiger partial charge is 0.466 e. The lowest BCUT2D eigenvalue weighted by molar-refractivity contribution is -0.153. The van der Waals surface area contributed by atoms with Crippen LogP contribution in [-0.2, 0) is 19.1 Å². The van der Waals surface area contributed by atoms with Crippen LogP contribution in [0.2, 0.25) is 0 Å². The minimum atomic E-state index is -2.29. The zero-order chi connectivity index (χ0) is 26.2. The Kier molecular flexibility index (Phi) is 15.2. The maximum absolute atomic E-state index is 13.8. The van der Waals surface area contributed by atoms with E-state index < -0.39 is 59.1 Å². The Morgan fingerprint density at radius 3 is 1.51 bits per heavy atom. The smallest absolute Gasteiger partial charge is 0.306 e. The molecule has 1 unspecified atom stereocenters. The van der Waals surface area contributed by atoms with Crippen LogP contribution in [0.15, 0.2) is 0 Å². The molecule has 0 radical (unpaired) electrons. The predicted octanol–water partition coefficient (Wildman–Crippen LogP) is 8.01. The summed E-state index contributed by atoms with van der Waals surface area (Å²) in [5.74, 6) is -12.3. The lowest BCUT2D eigenvalue weighted by Crippen LogP contribution is -2.16. The Morgan fingerprint density at radius 2 is 1.03 bits per heavy atom. The van der Waals surface area contributed by atoms with Crippen molar-refractivity contribution in [2.24, 2.45) is 0 Å². The first-order valence-electron chi connectivity index (χ1n) is 12.6. The summed E-state index contributed by atoms with van der Waals surface area (Å²) >= 11 is 0. The molecule has 0 saturated carbocycles. The molecule has 200 valence electrons. The monoisotopic (exact) mass is 508 g/mol. The second-order valence-corrected chi connectivity index (χ2v) is 8.73. The summed E-state index contributed by atoms with van der Waals surface area (Å²) in [5.41, 5.74) is -1.25. The number of rotatable bonds is 18. The molecule has 0 spiro atoms. The van der Waals surface area contributed by atoms with Gasteiger partial charge in [0.2, 0.25) is 5.82 Å². The van der Waals surface area contributed by atoms with E-state index in [-0.39, 0.29) is 13.0 Å². The topological polar surface area (TPSA) is 52.6 Å². The Morgan fingerprint density at radius 1 is 0.629 bits per heavy atom. The molecule has 0 fully saturated rings. The molecule has 0 bridgehead atoms. The fourth-order valence-corrected chi connectivity index (χ4v) is 3.70. The van der Waals surface area contributed by atoms with Gasteiger partial charge in [-0.05, 0) is 13.3 Å². The third-order valence-electron chi connectivity index (χ3n) is 5.75. The summed E-state index contributed by atoms with van der Waals surface area (Å²) in [7, 11) is 0. The van der Waals surface area contributed by atoms with Crippen LogP contribution in [0.4, 0.5) is 22.0 Å². The number of halogens is 5. The van der Waals surface area contributed by atoms with E-state index in [9.17, 15) is 31.5 Å². The van der Waals surface area contributed by atoms with E-state index in [1.54, 1.807) is 0 Å². The minimum absolute atomic E-state index is 0.228. The second kappa shape index (κ2) is 17.3. The molecule has 0 aromatic heterocycles. The summed E-state index contributed by atoms with van der Waals surface area (Å²) < 4.78 is 77.1. The Bertz CT molecular complexity index is 771. The molecule has 0 N–H and O–H groups in total. The van der Waals surface area contributed by atoms with E-state index >= 15 is 0 Å². The number of hydrogen-bond acceptors (Lipinski definition) is 4. The highest BCUT2D eigenvalue weighted by Crippen LogP contribution is 2.29. The standard InChI is InChI=1S/C26H37F5O4/c1-3-4-5-6-7-8-9-10-11-12-13-14-17-34-19(32)15-16-20(33)35-18(2)21-22(27)24(29)26(31)25(30)23(21)28/h18H,3-17H2,1-2H3. The van der Waals surface area contributed by atoms with Crippen LogP contribution in [0.1, 0.15) is 115 Å². The number of ether oxygens (including phenoxy) is 2. The normalized spacial score (nSPS) is 12.0. The number of esters is 2. The molecular formula is C26H37F5O4. The van der Waals surface area contributed by atoms with E-state index in [0.29, 0.717) is 6.42 Å². The molecule has 0 amide bonds. The van der Waals surface area contributed by atoms with E-state index in [1.165, 1.54) is 51.4 Å². The molecule has 0 aliphatic heterocycles. The highest BCUT2D eigenvalue weighted by atomic mass is 19.2. The van der Waals surface area contributed by atoms with Crippen molar-refractivity contribution in [1.29, 1.82) is 0 Å². The van der Waals surface area contributed by atoms with E-state index in [2.05, 4.69) is 6.92 Å². The number of unbranched alkanes of at least 4 members (excludes halogenated alkanes) is 11. The van der Waals surface area contributed by atoms with Gasteiger partial charge in [-0.1, -0.05) is 77.6 Å². The minimum Gasteiger partial charge on any atom is -0.466 e. The maximum Gasteiger partial charge on any atom is 0.306 e. The van der Waals surface area contributed by atoms with Crippen LogP contribution >= 0.6 is 0 Å². The fraction of sp³-hybridized carbons (Fsp3) is 0.692. The van der Waals surface area contributed by atoms with Crippen LogP contribution in [0.5, 0.6) is 0 Å². The Balaban J connectivity index is 2.16. The van der Waals surface area contributed by atoms with Gasteiger partial charge in [0.15, 0.2) is 23.3 Å². The number of hydrogen-bond donors (Lipinski definition) is 0. The van der Waals surface area contributed by atoms with E-state index in [0.717, 1.165) is 26.2 Å². The first-order chi connectivity index (χ1) is 16.7. The summed E-state index contributed by atoms with van der Waals surface area (Å²) in [6.07, 6.45) is 11.6. The summed E-state index contributed by atoms with van der Waals surface area (Å²) in [6, 6.07) is 0. The van der Waals surface area contributed by atoms with Crippen LogP contribution in [0.25, 0.3) is 0 Å². The van der Waals surface area contributed by atoms with Crippen molar-refractivity contribution >= 4 is 11.9 Å². The summed E-state index contributed by atoms with van der Waals surface area (Å²) in [6.45, 7) is 3.41. The molecule has 0 aliphatic carbocycles. The van der Waals surface area contributed by atoms with E-state index in [4.69, 9.17) is 9.47 Å². The van der Waals surface area contributed by atoms with Gasteiger partial charge in [-0.2, -0.15) is 0 Å². The van der Waals surface area contributed by atoms with Crippen LogP contribution in [0, 0.1) is 29.1 Å². The van der Waals surface area contributed by atoms with Gasteiger partial charge in [0.25, 0.3) is 0 Å². The number of carbonyl (C=O) groups is 2. The van der Waals surface area contributed by atoms with Crippen molar-refractivity contribution in [1.82, 2.24) is 0 Å². The first kappa shape index (κ1) is 30.8. The molecular weight excluding hydrogens is 471 g/mol. The number of carbonyl (C=O) groups excluding carboxylic acids is 2. The van der Waals surface area contributed by atoms with Gasteiger partial charge >= 0.3 is 11.9 Å². The molecule has 0 heterocycles. The molecule has 35 heavy (non-hydrogen) atoms. The molecule has 4 nitrogen and oxygen atoms in total. The second-order valence-electron chi connectivity index (χ2n) is 8.73. The third kappa shape index (κ3) is 11.4. The zero-order valence-corrected chi connectivity index (χ0v) is 20.7. The van der Waals surface area contributed by atoms with Crippen molar-refractivity contribution in [2.45, 2.75) is 110 Å². The van der Waals surface area contributed by atoms with E-state index in [1.807, 2.05) is 0 Å². The molecule has 1 atom stereocenters. The molecule has 1 aromatic carbocycles. The highest BCUT2D eigenvalue weighted by Gasteiger charge is 2.30. The van der Waals surface area contributed by atoms with Crippen molar-refractivity contribution < 1.29 is 41.0 Å². The third-order valence-corrected chi connectivity index (χ3v) is 5.75. The lowest BCUT2D eigenvalue weighted by atomic mass is 10.1. The predicted molar refractivity (Wildman–Crippen MR) is 122 cm³/mol. The van der Waals surface area contributed by atoms with Gasteiger partial charge in [0.1, 0.15) is 6.10 Å². The fourth-order valence-electron chi connectivity index (χ4n) is 3.70. The van der Waals surface area contributed by atoms with Gasteiger partial charge < -0.3 is 9.47 Å². The summed E-state index contributed by atoms with van der Waals surface area (Å²) in [4.78, 5) is 23.6. The van der Waals surface area contributed by atoms with Crippen molar-refractivity contribution in [3.63, 3.8) is 0 Å². The van der Waals surface area contributed by atoms with Gasteiger partial charge in [0, 0.05) is 0 Å². The SMILES string of the molecule is CCCCCCCCCCCCCCOC(=O)CCC(=O)OC(C)c1c(F)c(F)c(F)c(F)c1F. The molecule has 0 aliphatic rings. The van der Waals surface area contributed by atoms with Gasteiger partial charge in [-0.25, -0.2) is 22.0 Å². The van der Waals surface area contributed by atoms with Crippen LogP contribution in [0.3, 0.4) is 0 Å². The molecule has 9 heteroatoms. The van der Waals surface area contributed by atoms with Crippen molar-refractivity contribution in [3.05, 3.63) is 34.6 Å². The first-order valence-corrected chi connectivity index (χ1v) is 12.6. The lowest BCUT2D eigenvalue weighted by Gasteiger charge is -2.16. The quantitative estimate of drug-likeness (QED) is 0.0663. The van der Waals surface area contributed by atoms with Crippen molar-refractivity contribution in [2.75, 3.05) is 6.61 Å². The molecule has 0 saturated heterocycles. The highest BCUT2D eigenvalue weighted by molar-refractivity contribution is 5.77.